The molecule has 2 aromatic carbocycles. The van der Waals surface area contributed by atoms with Crippen molar-refractivity contribution in [3.63, 3.8) is 0 Å². The van der Waals surface area contributed by atoms with E-state index in [1.807, 2.05) is 0 Å². The lowest BCUT2D eigenvalue weighted by Crippen LogP contribution is -2.47. The van der Waals surface area contributed by atoms with Gasteiger partial charge in [0.05, 0.1) is 30.1 Å². The molecule has 8 heteroatoms. The van der Waals surface area contributed by atoms with Crippen LogP contribution in [-0.4, -0.2) is 36.6 Å². The van der Waals surface area contributed by atoms with Crippen molar-refractivity contribution < 1.29 is 27.5 Å². The van der Waals surface area contributed by atoms with Gasteiger partial charge in [-0.05, 0) is 43.3 Å². The van der Waals surface area contributed by atoms with Crippen molar-refractivity contribution in [2.45, 2.75) is 13.1 Å². The van der Waals surface area contributed by atoms with Crippen LogP contribution >= 0.6 is 0 Å². The van der Waals surface area contributed by atoms with Gasteiger partial charge < -0.3 is 14.5 Å². The zero-order chi connectivity index (χ0) is 19.6. The van der Waals surface area contributed by atoms with Crippen molar-refractivity contribution in [3.05, 3.63) is 59.7 Å². The molecule has 0 aliphatic carbocycles. The first-order chi connectivity index (χ1) is 12.8. The third-order valence-corrected chi connectivity index (χ3v) is 4.16. The van der Waals surface area contributed by atoms with Crippen LogP contribution in [0.15, 0.2) is 48.5 Å². The Morgan fingerprint density at radius 2 is 1.78 bits per heavy atom. The lowest BCUT2D eigenvalue weighted by atomic mass is 10.1. The maximum absolute atomic E-state index is 12.8. The third kappa shape index (κ3) is 3.89. The quantitative estimate of drug-likeness (QED) is 0.759. The van der Waals surface area contributed by atoms with E-state index in [2.05, 4.69) is 0 Å². The zero-order valence-electron chi connectivity index (χ0n) is 14.5. The number of fused-ring (bicyclic) bond motifs is 1. The molecule has 142 valence electrons. The van der Waals surface area contributed by atoms with E-state index < -0.39 is 17.7 Å². The molecule has 3 rings (SSSR count). The number of nitrogens with zero attached hydrogens (tertiary/aromatic N) is 2. The summed E-state index contributed by atoms with van der Waals surface area (Å²) < 4.78 is 43.3. The molecule has 0 bridgehead atoms. The average Bonchev–Trinajstić information content (AvgIpc) is 2.64. The van der Waals surface area contributed by atoms with Gasteiger partial charge >= 0.3 is 12.1 Å². The number of benzene rings is 2. The molecule has 1 aliphatic rings. The molecule has 0 radical (unpaired) electrons. The van der Waals surface area contributed by atoms with Gasteiger partial charge in [-0.15, -0.1) is 0 Å². The first kappa shape index (κ1) is 18.8. The smallest absolute Gasteiger partial charge is 0.416 e. The molecular weight excluding hydrogens is 361 g/mol. The number of esters is 1. The summed E-state index contributed by atoms with van der Waals surface area (Å²) in [4.78, 5) is 27.5. The van der Waals surface area contributed by atoms with Crippen LogP contribution in [0.25, 0.3) is 0 Å². The fourth-order valence-electron chi connectivity index (χ4n) is 2.91. The Hall–Kier alpha value is -3.03. The number of para-hydroxylation sites is 1. The maximum Gasteiger partial charge on any atom is 0.416 e. The first-order valence-electron chi connectivity index (χ1n) is 8.30. The minimum Gasteiger partial charge on any atom is -0.465 e. The zero-order valence-corrected chi connectivity index (χ0v) is 14.5. The van der Waals surface area contributed by atoms with Gasteiger partial charge in [0.2, 0.25) is 0 Å². The Labute approximate surface area is 153 Å². The van der Waals surface area contributed by atoms with Crippen LogP contribution in [0.2, 0.25) is 0 Å². The van der Waals surface area contributed by atoms with Gasteiger partial charge in [0.1, 0.15) is 6.54 Å². The highest BCUT2D eigenvalue weighted by atomic mass is 19.4. The number of halogens is 3. The Bertz CT molecular complexity index is 850. The number of amides is 1. The van der Waals surface area contributed by atoms with Crippen molar-refractivity contribution in [1.29, 1.82) is 0 Å². The second kappa shape index (κ2) is 7.30. The van der Waals surface area contributed by atoms with E-state index in [0.29, 0.717) is 16.9 Å². The number of anilines is 2. The van der Waals surface area contributed by atoms with Crippen LogP contribution in [0.5, 0.6) is 0 Å². The molecule has 1 aliphatic heterocycles. The summed E-state index contributed by atoms with van der Waals surface area (Å²) in [6, 6.07) is 11.4. The Morgan fingerprint density at radius 3 is 2.41 bits per heavy atom. The van der Waals surface area contributed by atoms with Crippen molar-refractivity contribution in [2.75, 3.05) is 24.7 Å². The fraction of sp³-hybridized carbons (Fsp3) is 0.263. The number of carbonyl (C=O) groups is 2. The fourth-order valence-corrected chi connectivity index (χ4v) is 2.91. The monoisotopic (exact) mass is 378 g/mol. The minimum atomic E-state index is -4.43. The molecule has 1 heterocycles. The molecule has 0 unspecified atom stereocenters. The third-order valence-electron chi connectivity index (χ3n) is 4.16. The van der Waals surface area contributed by atoms with Gasteiger partial charge in [0.15, 0.2) is 0 Å². The van der Waals surface area contributed by atoms with E-state index >= 15 is 0 Å². The number of hydrogen-bond acceptors (Lipinski definition) is 4. The molecule has 0 saturated heterocycles. The summed E-state index contributed by atoms with van der Waals surface area (Å²) in [7, 11) is 0. The summed E-state index contributed by atoms with van der Waals surface area (Å²) in [6.45, 7) is 1.65. The molecule has 5 nitrogen and oxygen atoms in total. The van der Waals surface area contributed by atoms with Crippen LogP contribution in [-0.2, 0) is 15.7 Å². The number of hydrogen-bond donors (Lipinski definition) is 0. The minimum absolute atomic E-state index is 0.0278. The van der Waals surface area contributed by atoms with Gasteiger partial charge in [0, 0.05) is 5.69 Å². The lowest BCUT2D eigenvalue weighted by molar-refractivity contribution is -0.144. The molecule has 0 saturated carbocycles. The summed E-state index contributed by atoms with van der Waals surface area (Å²) in [5.74, 6) is -0.876. The first-order valence-corrected chi connectivity index (χ1v) is 8.30. The van der Waals surface area contributed by atoms with Crippen molar-refractivity contribution in [3.8, 4) is 0 Å². The molecule has 2 aromatic rings. The number of rotatable bonds is 4. The normalized spacial score (nSPS) is 14.1. The van der Waals surface area contributed by atoms with E-state index in [0.717, 1.165) is 12.1 Å². The summed E-state index contributed by atoms with van der Waals surface area (Å²) >= 11 is 0. The molecule has 0 spiro atoms. The van der Waals surface area contributed by atoms with Crippen LogP contribution in [0, 0.1) is 0 Å². The number of carbonyl (C=O) groups excluding carboxylic acids is 2. The van der Waals surface area contributed by atoms with E-state index in [1.54, 1.807) is 36.1 Å². The predicted octanol–water partition coefficient (Wildman–Crippen LogP) is 3.82. The van der Waals surface area contributed by atoms with Gasteiger partial charge in [-0.1, -0.05) is 12.1 Å². The highest BCUT2D eigenvalue weighted by Crippen LogP contribution is 2.35. The lowest BCUT2D eigenvalue weighted by Gasteiger charge is -2.37. The van der Waals surface area contributed by atoms with Crippen molar-refractivity contribution in [1.82, 2.24) is 4.90 Å². The largest absolute Gasteiger partial charge is 0.465 e. The molecular formula is C19H17F3N2O3. The van der Waals surface area contributed by atoms with Crippen LogP contribution < -0.4 is 4.90 Å². The standard InChI is InChI=1S/C19H17F3N2O3/c1-2-27-17(25)11-23-12-24(16-6-4-3-5-15(16)18(23)26)14-9-7-13(8-10-14)19(20,21)22/h3-10H,2,11-12H2,1H3. The predicted molar refractivity (Wildman–Crippen MR) is 92.6 cm³/mol. The molecule has 27 heavy (non-hydrogen) atoms. The van der Waals surface area contributed by atoms with Crippen molar-refractivity contribution >= 4 is 23.3 Å². The second-order valence-corrected chi connectivity index (χ2v) is 5.94. The van der Waals surface area contributed by atoms with Crippen LogP contribution in [0.3, 0.4) is 0 Å². The van der Waals surface area contributed by atoms with E-state index in [9.17, 15) is 22.8 Å². The van der Waals surface area contributed by atoms with Gasteiger partial charge in [0.25, 0.3) is 5.91 Å². The van der Waals surface area contributed by atoms with Gasteiger partial charge in [-0.3, -0.25) is 9.59 Å². The summed E-state index contributed by atoms with van der Waals surface area (Å²) in [6.07, 6.45) is -4.43. The maximum atomic E-state index is 12.8. The number of alkyl halides is 3. The van der Waals surface area contributed by atoms with Crippen molar-refractivity contribution in [2.24, 2.45) is 0 Å². The van der Waals surface area contributed by atoms with Gasteiger partial charge in [-0.25, -0.2) is 0 Å². The number of ether oxygens (including phenoxy) is 1. The Balaban J connectivity index is 1.95. The topological polar surface area (TPSA) is 49.9 Å². The summed E-state index contributed by atoms with van der Waals surface area (Å²) in [5, 5.41) is 0. The Kier molecular flexibility index (Phi) is 5.07. The van der Waals surface area contributed by atoms with Crippen LogP contribution in [0.4, 0.5) is 24.5 Å². The van der Waals surface area contributed by atoms with E-state index in [4.69, 9.17) is 4.74 Å². The molecule has 0 aromatic heterocycles. The highest BCUT2D eigenvalue weighted by Gasteiger charge is 2.33. The van der Waals surface area contributed by atoms with Gasteiger partial charge in [-0.2, -0.15) is 13.2 Å². The molecule has 0 fully saturated rings. The van der Waals surface area contributed by atoms with Crippen LogP contribution in [0.1, 0.15) is 22.8 Å². The second-order valence-electron chi connectivity index (χ2n) is 5.94. The van der Waals surface area contributed by atoms with E-state index in [-0.39, 0.29) is 25.7 Å². The average molecular weight is 378 g/mol. The highest BCUT2D eigenvalue weighted by molar-refractivity contribution is 6.03. The SMILES string of the molecule is CCOC(=O)CN1CN(c2ccc(C(F)(F)F)cc2)c2ccccc2C1=O. The molecule has 1 amide bonds. The molecule has 0 atom stereocenters. The Morgan fingerprint density at radius 1 is 1.11 bits per heavy atom. The van der Waals surface area contributed by atoms with E-state index in [1.165, 1.54) is 17.0 Å². The summed E-state index contributed by atoms with van der Waals surface area (Å²) in [5.41, 5.74) is 0.670. The molecule has 0 N–H and O–H groups in total.